The second-order valence-corrected chi connectivity index (χ2v) is 6.96. The van der Waals surface area contributed by atoms with Gasteiger partial charge in [-0.3, -0.25) is 9.69 Å². The molecule has 1 N–H and O–H groups in total. The standard InChI is InChI=1S/C17H32N2O2/c1-14-7-6-11-19(14)17(21)10-12-18(13-15(2)20)16-8-4-3-5-9-16/h14-16,20H,3-13H2,1-2H3. The largest absolute Gasteiger partial charge is 0.392 e. The number of hydrogen-bond acceptors (Lipinski definition) is 3. The molecule has 2 aliphatic rings. The second-order valence-electron chi connectivity index (χ2n) is 6.96. The van der Waals surface area contributed by atoms with E-state index < -0.39 is 0 Å². The first kappa shape index (κ1) is 16.8. The van der Waals surface area contributed by atoms with Crippen LogP contribution in [-0.2, 0) is 4.79 Å². The van der Waals surface area contributed by atoms with Gasteiger partial charge in [-0.25, -0.2) is 0 Å². The van der Waals surface area contributed by atoms with Crippen molar-refractivity contribution in [3.63, 3.8) is 0 Å². The topological polar surface area (TPSA) is 43.8 Å². The lowest BCUT2D eigenvalue weighted by Crippen LogP contribution is -2.43. The molecule has 0 bridgehead atoms. The van der Waals surface area contributed by atoms with Gasteiger partial charge in [0.15, 0.2) is 0 Å². The summed E-state index contributed by atoms with van der Waals surface area (Å²) in [6.07, 6.45) is 8.95. The number of aliphatic hydroxyl groups is 1. The van der Waals surface area contributed by atoms with Gasteiger partial charge < -0.3 is 10.0 Å². The normalized spacial score (nSPS) is 25.5. The van der Waals surface area contributed by atoms with E-state index in [-0.39, 0.29) is 6.10 Å². The van der Waals surface area contributed by atoms with Gasteiger partial charge in [-0.05, 0) is 39.5 Å². The minimum Gasteiger partial charge on any atom is -0.392 e. The lowest BCUT2D eigenvalue weighted by Gasteiger charge is -2.35. The van der Waals surface area contributed by atoms with Crippen molar-refractivity contribution in [3.8, 4) is 0 Å². The Balaban J connectivity index is 1.84. The Morgan fingerprint density at radius 2 is 1.95 bits per heavy atom. The first-order valence-electron chi connectivity index (χ1n) is 8.79. The van der Waals surface area contributed by atoms with Crippen LogP contribution in [0.4, 0.5) is 0 Å². The molecule has 0 aromatic carbocycles. The van der Waals surface area contributed by atoms with E-state index >= 15 is 0 Å². The highest BCUT2D eigenvalue weighted by atomic mass is 16.3. The summed E-state index contributed by atoms with van der Waals surface area (Å²) in [4.78, 5) is 16.8. The number of likely N-dealkylation sites (tertiary alicyclic amines) is 1. The van der Waals surface area contributed by atoms with Gasteiger partial charge in [0.25, 0.3) is 0 Å². The lowest BCUT2D eigenvalue weighted by molar-refractivity contribution is -0.132. The highest BCUT2D eigenvalue weighted by Gasteiger charge is 2.27. The summed E-state index contributed by atoms with van der Waals surface area (Å²) in [5.41, 5.74) is 0. The molecule has 0 spiro atoms. The van der Waals surface area contributed by atoms with Crippen molar-refractivity contribution >= 4 is 5.91 Å². The molecule has 0 aromatic heterocycles. The zero-order valence-corrected chi connectivity index (χ0v) is 13.8. The predicted octanol–water partition coefficient (Wildman–Crippen LogP) is 2.40. The summed E-state index contributed by atoms with van der Waals surface area (Å²) in [5.74, 6) is 0.298. The van der Waals surface area contributed by atoms with E-state index in [1.54, 1.807) is 0 Å². The third kappa shape index (κ3) is 4.96. The fourth-order valence-corrected chi connectivity index (χ4v) is 3.90. The first-order valence-corrected chi connectivity index (χ1v) is 8.79. The molecular weight excluding hydrogens is 264 g/mol. The second kappa shape index (κ2) is 8.14. The molecule has 2 unspecified atom stereocenters. The molecule has 1 heterocycles. The molecule has 1 aliphatic heterocycles. The molecular formula is C17H32N2O2. The molecule has 2 fully saturated rings. The van der Waals surface area contributed by atoms with E-state index in [0.717, 1.165) is 25.9 Å². The molecule has 4 heteroatoms. The van der Waals surface area contributed by atoms with Gasteiger partial charge in [0.1, 0.15) is 0 Å². The van der Waals surface area contributed by atoms with Crippen molar-refractivity contribution in [3.05, 3.63) is 0 Å². The fourth-order valence-electron chi connectivity index (χ4n) is 3.90. The van der Waals surface area contributed by atoms with Crippen LogP contribution in [0, 0.1) is 0 Å². The van der Waals surface area contributed by atoms with Gasteiger partial charge in [0.05, 0.1) is 6.10 Å². The van der Waals surface area contributed by atoms with E-state index in [1.165, 1.54) is 32.1 Å². The summed E-state index contributed by atoms with van der Waals surface area (Å²) in [6.45, 7) is 6.44. The number of carbonyl (C=O) groups excluding carboxylic acids is 1. The summed E-state index contributed by atoms with van der Waals surface area (Å²) in [7, 11) is 0. The monoisotopic (exact) mass is 296 g/mol. The van der Waals surface area contributed by atoms with Crippen molar-refractivity contribution in [1.29, 1.82) is 0 Å². The van der Waals surface area contributed by atoms with Gasteiger partial charge in [-0.2, -0.15) is 0 Å². The van der Waals surface area contributed by atoms with Crippen LogP contribution in [0.3, 0.4) is 0 Å². The Bertz CT molecular complexity index is 327. The van der Waals surface area contributed by atoms with E-state index in [9.17, 15) is 9.90 Å². The van der Waals surface area contributed by atoms with Crippen molar-refractivity contribution in [1.82, 2.24) is 9.80 Å². The van der Waals surface area contributed by atoms with Gasteiger partial charge in [0.2, 0.25) is 5.91 Å². The quantitative estimate of drug-likeness (QED) is 0.818. The number of rotatable bonds is 6. The average molecular weight is 296 g/mol. The predicted molar refractivity (Wildman–Crippen MR) is 85.2 cm³/mol. The van der Waals surface area contributed by atoms with Crippen LogP contribution in [0.2, 0.25) is 0 Å². The maximum absolute atomic E-state index is 12.4. The summed E-state index contributed by atoms with van der Waals surface area (Å²) >= 11 is 0. The van der Waals surface area contributed by atoms with Crippen molar-refractivity contribution in [2.75, 3.05) is 19.6 Å². The average Bonchev–Trinajstić information content (AvgIpc) is 2.90. The molecule has 21 heavy (non-hydrogen) atoms. The fraction of sp³-hybridized carbons (Fsp3) is 0.941. The van der Waals surface area contributed by atoms with Gasteiger partial charge in [-0.1, -0.05) is 19.3 Å². The molecule has 1 saturated carbocycles. The Morgan fingerprint density at radius 1 is 1.24 bits per heavy atom. The van der Waals surface area contributed by atoms with Crippen LogP contribution in [0.25, 0.3) is 0 Å². The summed E-state index contributed by atoms with van der Waals surface area (Å²) < 4.78 is 0. The smallest absolute Gasteiger partial charge is 0.224 e. The maximum Gasteiger partial charge on any atom is 0.224 e. The Morgan fingerprint density at radius 3 is 2.52 bits per heavy atom. The van der Waals surface area contributed by atoms with Crippen molar-refractivity contribution < 1.29 is 9.90 Å². The minimum absolute atomic E-state index is 0.298. The van der Waals surface area contributed by atoms with Crippen LogP contribution in [0.1, 0.15) is 65.2 Å². The van der Waals surface area contributed by atoms with Crippen molar-refractivity contribution in [2.24, 2.45) is 0 Å². The molecule has 2 atom stereocenters. The Kier molecular flexibility index (Phi) is 6.49. The number of amides is 1. The first-order chi connectivity index (χ1) is 10.1. The maximum atomic E-state index is 12.4. The Hall–Kier alpha value is -0.610. The SMILES string of the molecule is CC(O)CN(CCC(=O)N1CCCC1C)C1CCCCC1. The van der Waals surface area contributed by atoms with Crippen LogP contribution < -0.4 is 0 Å². The molecule has 2 rings (SSSR count). The molecule has 1 amide bonds. The number of hydrogen-bond donors (Lipinski definition) is 1. The van der Waals surface area contributed by atoms with E-state index in [1.807, 2.05) is 11.8 Å². The molecule has 4 nitrogen and oxygen atoms in total. The highest BCUT2D eigenvalue weighted by molar-refractivity contribution is 5.77. The third-order valence-corrected chi connectivity index (χ3v) is 5.08. The van der Waals surface area contributed by atoms with Gasteiger partial charge in [-0.15, -0.1) is 0 Å². The molecule has 0 radical (unpaired) electrons. The summed E-state index contributed by atoms with van der Waals surface area (Å²) in [6, 6.07) is 0.981. The van der Waals surface area contributed by atoms with Crippen LogP contribution in [0.5, 0.6) is 0 Å². The Labute approximate surface area is 129 Å². The molecule has 122 valence electrons. The third-order valence-electron chi connectivity index (χ3n) is 5.08. The van der Waals surface area contributed by atoms with E-state index in [0.29, 0.717) is 31.0 Å². The van der Waals surface area contributed by atoms with Gasteiger partial charge in [0, 0.05) is 38.1 Å². The number of carbonyl (C=O) groups is 1. The number of nitrogens with zero attached hydrogens (tertiary/aromatic N) is 2. The summed E-state index contributed by atoms with van der Waals surface area (Å²) in [5, 5.41) is 9.74. The number of aliphatic hydroxyl groups excluding tert-OH is 1. The van der Waals surface area contributed by atoms with Crippen LogP contribution in [-0.4, -0.2) is 58.6 Å². The van der Waals surface area contributed by atoms with Crippen LogP contribution >= 0.6 is 0 Å². The molecule has 0 aromatic rings. The van der Waals surface area contributed by atoms with E-state index in [2.05, 4.69) is 11.8 Å². The molecule has 1 saturated heterocycles. The lowest BCUT2D eigenvalue weighted by atomic mass is 9.94. The van der Waals surface area contributed by atoms with Crippen molar-refractivity contribution in [2.45, 2.75) is 83.4 Å². The van der Waals surface area contributed by atoms with Crippen LogP contribution in [0.15, 0.2) is 0 Å². The molecule has 1 aliphatic carbocycles. The minimum atomic E-state index is -0.312. The zero-order valence-electron chi connectivity index (χ0n) is 13.8. The van der Waals surface area contributed by atoms with E-state index in [4.69, 9.17) is 0 Å². The highest BCUT2D eigenvalue weighted by Crippen LogP contribution is 2.23. The van der Waals surface area contributed by atoms with Gasteiger partial charge >= 0.3 is 0 Å². The zero-order chi connectivity index (χ0) is 15.2.